The number of benzene rings is 7. The highest BCUT2D eigenvalue weighted by Crippen LogP contribution is 2.38. The van der Waals surface area contributed by atoms with E-state index in [9.17, 15) is 0 Å². The van der Waals surface area contributed by atoms with Gasteiger partial charge in [0.1, 0.15) is 0 Å². The zero-order chi connectivity index (χ0) is 31.7. The third kappa shape index (κ3) is 5.13. The number of nitrogens with zero attached hydrogens (tertiary/aromatic N) is 3. The molecule has 0 aliphatic rings. The smallest absolute Gasteiger partial charge is 0.0991 e. The van der Waals surface area contributed by atoms with Crippen LogP contribution in [0.4, 0.5) is 11.4 Å². The molecule has 0 atom stereocenters. The first kappa shape index (κ1) is 28.1. The van der Waals surface area contributed by atoms with Crippen LogP contribution in [0, 0.1) is 11.3 Å². The quantitative estimate of drug-likeness (QED) is 0.190. The van der Waals surface area contributed by atoms with Gasteiger partial charge in [0, 0.05) is 40.4 Å². The van der Waals surface area contributed by atoms with Gasteiger partial charge in [-0.1, -0.05) is 109 Å². The van der Waals surface area contributed by atoms with Crippen molar-refractivity contribution in [3.8, 4) is 45.1 Å². The first-order valence-electron chi connectivity index (χ1n) is 15.8. The molecule has 222 valence electrons. The van der Waals surface area contributed by atoms with Gasteiger partial charge in [0.05, 0.1) is 22.7 Å². The molecule has 0 unspecified atom stereocenters. The maximum atomic E-state index is 9.12. The number of aromatic nitrogens is 1. The van der Waals surface area contributed by atoms with E-state index in [0.717, 1.165) is 22.5 Å². The second-order valence-electron chi connectivity index (χ2n) is 11.8. The topological polar surface area (TPSA) is 32.0 Å². The number of hydrogen-bond acceptors (Lipinski definition) is 2. The van der Waals surface area contributed by atoms with Crippen LogP contribution in [0.25, 0.3) is 60.9 Å². The molecule has 1 heterocycles. The highest BCUT2D eigenvalue weighted by molar-refractivity contribution is 6.10. The molecule has 0 N–H and O–H groups in total. The second kappa shape index (κ2) is 11.9. The van der Waals surface area contributed by atoms with Gasteiger partial charge < -0.3 is 9.47 Å². The molecule has 0 radical (unpaired) electrons. The fourth-order valence-corrected chi connectivity index (χ4v) is 6.61. The van der Waals surface area contributed by atoms with E-state index < -0.39 is 0 Å². The Morgan fingerprint density at radius 2 is 1.04 bits per heavy atom. The monoisotopic (exact) mass is 601 g/mol. The Hall–Kier alpha value is -6.37. The number of para-hydroxylation sites is 3. The molecule has 0 bridgehead atoms. The molecule has 7 aromatic carbocycles. The van der Waals surface area contributed by atoms with Crippen LogP contribution in [0.5, 0.6) is 0 Å². The first-order chi connectivity index (χ1) is 23.2. The fourth-order valence-electron chi connectivity index (χ4n) is 6.61. The van der Waals surface area contributed by atoms with Crippen molar-refractivity contribution in [2.45, 2.75) is 0 Å². The van der Waals surface area contributed by atoms with Crippen LogP contribution >= 0.6 is 0 Å². The van der Waals surface area contributed by atoms with E-state index in [1.54, 1.807) is 0 Å². The van der Waals surface area contributed by atoms with Gasteiger partial charge in [0.25, 0.3) is 0 Å². The van der Waals surface area contributed by atoms with E-state index in [1.807, 2.05) is 24.3 Å². The van der Waals surface area contributed by atoms with E-state index in [0.29, 0.717) is 5.56 Å². The summed E-state index contributed by atoms with van der Waals surface area (Å²) in [5.41, 5.74) is 13.5. The van der Waals surface area contributed by atoms with Crippen LogP contribution in [0.1, 0.15) is 5.56 Å². The third-order valence-corrected chi connectivity index (χ3v) is 9.08. The molecule has 3 nitrogen and oxygen atoms in total. The Morgan fingerprint density at radius 1 is 0.489 bits per heavy atom. The zero-order valence-electron chi connectivity index (χ0n) is 26.0. The minimum Gasteiger partial charge on any atom is -0.344 e. The van der Waals surface area contributed by atoms with Gasteiger partial charge in [0.15, 0.2) is 0 Å². The van der Waals surface area contributed by atoms with Crippen molar-refractivity contribution in [2.24, 2.45) is 0 Å². The lowest BCUT2D eigenvalue weighted by molar-refractivity contribution is 1.18. The lowest BCUT2D eigenvalue weighted by Gasteiger charge is -2.23. The van der Waals surface area contributed by atoms with Crippen molar-refractivity contribution in [2.75, 3.05) is 11.9 Å². The van der Waals surface area contributed by atoms with Crippen molar-refractivity contribution in [1.82, 2.24) is 4.57 Å². The van der Waals surface area contributed by atoms with Crippen molar-refractivity contribution >= 4 is 33.2 Å². The van der Waals surface area contributed by atoms with Crippen LogP contribution in [-0.4, -0.2) is 11.6 Å². The number of anilines is 2. The second-order valence-corrected chi connectivity index (χ2v) is 11.8. The molecule has 0 aliphatic heterocycles. The number of fused-ring (bicyclic) bond motifs is 3. The van der Waals surface area contributed by atoms with Crippen molar-refractivity contribution in [3.05, 3.63) is 175 Å². The lowest BCUT2D eigenvalue weighted by Crippen LogP contribution is -2.10. The molecule has 1 aromatic heterocycles. The summed E-state index contributed by atoms with van der Waals surface area (Å²) in [6.45, 7) is 0. The number of hydrogen-bond donors (Lipinski definition) is 0. The SMILES string of the molecule is CN(c1ccc(-c2ccc(C#N)cc2)cc1)c1ccccc1-c1ccc(-c2ccc3c(c2)c2ccccc2n3-c2ccccc2)cc1. The van der Waals surface area contributed by atoms with E-state index in [2.05, 4.69) is 168 Å². The van der Waals surface area contributed by atoms with E-state index in [4.69, 9.17) is 5.26 Å². The van der Waals surface area contributed by atoms with Gasteiger partial charge in [-0.25, -0.2) is 0 Å². The standard InChI is InChI=1S/C44H31N3/c1-46(37-26-23-33(24-27-37)32-17-15-31(30-45)16-18-32)42-13-7-5-11-39(42)35-21-19-34(20-22-35)36-25-28-44-41(29-36)40-12-6-8-14-43(40)47(44)38-9-3-2-4-10-38/h2-29H,1H3. The van der Waals surface area contributed by atoms with Gasteiger partial charge in [-0.3, -0.25) is 0 Å². The molecule has 0 fully saturated rings. The molecule has 0 saturated heterocycles. The summed E-state index contributed by atoms with van der Waals surface area (Å²) in [6, 6.07) is 62.0. The van der Waals surface area contributed by atoms with Crippen LogP contribution < -0.4 is 4.90 Å². The summed E-state index contributed by atoms with van der Waals surface area (Å²) in [7, 11) is 2.12. The maximum Gasteiger partial charge on any atom is 0.0991 e. The maximum absolute atomic E-state index is 9.12. The summed E-state index contributed by atoms with van der Waals surface area (Å²) in [5, 5.41) is 11.6. The van der Waals surface area contributed by atoms with E-state index in [1.165, 1.54) is 49.7 Å². The van der Waals surface area contributed by atoms with Crippen LogP contribution in [0.15, 0.2) is 170 Å². The Balaban J connectivity index is 1.10. The molecule has 8 rings (SSSR count). The Morgan fingerprint density at radius 3 is 1.79 bits per heavy atom. The van der Waals surface area contributed by atoms with Gasteiger partial charge >= 0.3 is 0 Å². The Bertz CT molecular complexity index is 2390. The van der Waals surface area contributed by atoms with E-state index in [-0.39, 0.29) is 0 Å². The Kier molecular flexibility index (Phi) is 7.09. The third-order valence-electron chi connectivity index (χ3n) is 9.08. The predicted octanol–water partition coefficient (Wildman–Crippen LogP) is 11.4. The van der Waals surface area contributed by atoms with Crippen LogP contribution in [0.2, 0.25) is 0 Å². The molecule has 47 heavy (non-hydrogen) atoms. The average molecular weight is 602 g/mol. The van der Waals surface area contributed by atoms with Gasteiger partial charge in [-0.15, -0.1) is 0 Å². The molecule has 0 amide bonds. The summed E-state index contributed by atoms with van der Waals surface area (Å²) < 4.78 is 2.35. The predicted molar refractivity (Wildman–Crippen MR) is 196 cm³/mol. The van der Waals surface area contributed by atoms with Gasteiger partial charge in [0.2, 0.25) is 0 Å². The van der Waals surface area contributed by atoms with Crippen molar-refractivity contribution in [3.63, 3.8) is 0 Å². The van der Waals surface area contributed by atoms with Gasteiger partial charge in [-0.2, -0.15) is 5.26 Å². The largest absolute Gasteiger partial charge is 0.344 e. The first-order valence-corrected chi connectivity index (χ1v) is 15.8. The summed E-state index contributed by atoms with van der Waals surface area (Å²) in [6.07, 6.45) is 0. The summed E-state index contributed by atoms with van der Waals surface area (Å²) in [5.74, 6) is 0. The summed E-state index contributed by atoms with van der Waals surface area (Å²) in [4.78, 5) is 2.24. The van der Waals surface area contributed by atoms with Gasteiger partial charge in [-0.05, 0) is 88.5 Å². The van der Waals surface area contributed by atoms with Crippen LogP contribution in [-0.2, 0) is 0 Å². The lowest BCUT2D eigenvalue weighted by atomic mass is 9.97. The minimum atomic E-state index is 0.669. The average Bonchev–Trinajstić information content (AvgIpc) is 3.49. The molecular weight excluding hydrogens is 571 g/mol. The highest BCUT2D eigenvalue weighted by atomic mass is 15.1. The normalized spacial score (nSPS) is 11.1. The van der Waals surface area contributed by atoms with Crippen molar-refractivity contribution < 1.29 is 0 Å². The zero-order valence-corrected chi connectivity index (χ0v) is 26.0. The molecule has 0 aliphatic carbocycles. The molecule has 8 aromatic rings. The minimum absolute atomic E-state index is 0.669. The number of rotatable bonds is 6. The van der Waals surface area contributed by atoms with Crippen LogP contribution in [0.3, 0.4) is 0 Å². The Labute approximate surface area is 274 Å². The highest BCUT2D eigenvalue weighted by Gasteiger charge is 2.14. The fraction of sp³-hybridized carbons (Fsp3) is 0.0227. The van der Waals surface area contributed by atoms with Crippen molar-refractivity contribution in [1.29, 1.82) is 5.26 Å². The van der Waals surface area contributed by atoms with E-state index >= 15 is 0 Å². The molecule has 0 saturated carbocycles. The molecular formula is C44H31N3. The number of nitriles is 1. The molecule has 3 heteroatoms. The summed E-state index contributed by atoms with van der Waals surface area (Å²) >= 11 is 0. The molecule has 0 spiro atoms.